The number of carbonyl (C=O) groups excluding carboxylic acids is 3. The maximum atomic E-state index is 12.0. The molecule has 0 atom stereocenters. The Morgan fingerprint density at radius 3 is 2.17 bits per heavy atom. The van der Waals surface area contributed by atoms with Crippen molar-refractivity contribution < 1.29 is 14.4 Å². The molecule has 5 nitrogen and oxygen atoms in total. The molecule has 0 saturated heterocycles. The number of benzene rings is 2. The molecule has 2 aromatic rings. The molecule has 2 N–H and O–H groups in total. The first-order valence-corrected chi connectivity index (χ1v) is 7.76. The third-order valence-corrected chi connectivity index (χ3v) is 3.46. The summed E-state index contributed by atoms with van der Waals surface area (Å²) in [6.07, 6.45) is 0.181. The van der Waals surface area contributed by atoms with Gasteiger partial charge in [-0.15, -0.1) is 0 Å². The molecule has 0 saturated carbocycles. The molecule has 0 radical (unpaired) electrons. The molecule has 0 aromatic heterocycles. The average Bonchev–Trinajstić information content (AvgIpc) is 2.59. The topological polar surface area (TPSA) is 75.3 Å². The van der Waals surface area contributed by atoms with Crippen LogP contribution in [0, 0.1) is 6.92 Å². The largest absolute Gasteiger partial charge is 0.347 e. The highest BCUT2D eigenvalue weighted by molar-refractivity contribution is 5.98. The van der Waals surface area contributed by atoms with Crippen LogP contribution in [0.5, 0.6) is 0 Å². The third kappa shape index (κ3) is 5.68. The van der Waals surface area contributed by atoms with E-state index < -0.39 is 0 Å². The summed E-state index contributed by atoms with van der Waals surface area (Å²) in [5.74, 6) is -0.711. The number of hydrogen-bond donors (Lipinski definition) is 2. The fourth-order valence-electron chi connectivity index (χ4n) is 2.10. The highest BCUT2D eigenvalue weighted by atomic mass is 16.2. The number of aryl methyl sites for hydroxylation is 1. The zero-order valence-corrected chi connectivity index (χ0v) is 13.5. The van der Waals surface area contributed by atoms with Crippen LogP contribution >= 0.6 is 0 Å². The van der Waals surface area contributed by atoms with E-state index in [1.165, 1.54) is 0 Å². The van der Waals surface area contributed by atoms with Crippen LogP contribution in [0.3, 0.4) is 0 Å². The van der Waals surface area contributed by atoms with Crippen LogP contribution < -0.4 is 10.6 Å². The first-order chi connectivity index (χ1) is 11.5. The Kier molecular flexibility index (Phi) is 6.25. The van der Waals surface area contributed by atoms with Crippen LogP contribution in [0.1, 0.15) is 28.8 Å². The van der Waals surface area contributed by atoms with Crippen molar-refractivity contribution in [3.8, 4) is 0 Å². The first kappa shape index (κ1) is 17.4. The van der Waals surface area contributed by atoms with Crippen LogP contribution in [0.15, 0.2) is 54.6 Å². The van der Waals surface area contributed by atoms with E-state index in [-0.39, 0.29) is 37.0 Å². The highest BCUT2D eigenvalue weighted by Gasteiger charge is 2.10. The lowest BCUT2D eigenvalue weighted by atomic mass is 10.1. The fraction of sp³-hybridized carbons (Fsp3) is 0.211. The molecule has 0 aliphatic carbocycles. The quantitative estimate of drug-likeness (QED) is 0.769. The lowest BCUT2D eigenvalue weighted by Gasteiger charge is -2.07. The molecule has 0 aliphatic rings. The molecule has 2 rings (SSSR count). The summed E-state index contributed by atoms with van der Waals surface area (Å²) < 4.78 is 0. The van der Waals surface area contributed by atoms with Gasteiger partial charge in [0.1, 0.15) is 0 Å². The minimum absolute atomic E-state index is 0.0608. The number of rotatable bonds is 7. The van der Waals surface area contributed by atoms with Gasteiger partial charge in [-0.05, 0) is 19.1 Å². The standard InChI is InChI=1S/C19H20N2O3/c1-14-7-9-15(10-8-14)17(22)11-12-18(23)20-13-19(24)21-16-5-3-2-4-6-16/h2-10H,11-13H2,1H3,(H,20,23)(H,21,24). The van der Waals surface area contributed by atoms with E-state index >= 15 is 0 Å². The van der Waals surface area contributed by atoms with Gasteiger partial charge in [0.15, 0.2) is 5.78 Å². The lowest BCUT2D eigenvalue weighted by molar-refractivity contribution is -0.124. The molecule has 0 aliphatic heterocycles. The van der Waals surface area contributed by atoms with Gasteiger partial charge >= 0.3 is 0 Å². The summed E-state index contributed by atoms with van der Waals surface area (Å²) in [5, 5.41) is 5.19. The Hall–Kier alpha value is -2.95. The van der Waals surface area contributed by atoms with Crippen LogP contribution in [0.25, 0.3) is 0 Å². The van der Waals surface area contributed by atoms with E-state index in [1.807, 2.05) is 37.3 Å². The molecule has 24 heavy (non-hydrogen) atoms. The number of para-hydroxylation sites is 1. The van der Waals surface area contributed by atoms with Gasteiger partial charge in [-0.2, -0.15) is 0 Å². The Morgan fingerprint density at radius 2 is 1.50 bits per heavy atom. The molecular formula is C19H20N2O3. The van der Waals surface area contributed by atoms with Gasteiger partial charge in [0.25, 0.3) is 0 Å². The van der Waals surface area contributed by atoms with Crippen molar-refractivity contribution in [2.24, 2.45) is 0 Å². The zero-order chi connectivity index (χ0) is 17.4. The summed E-state index contributed by atoms with van der Waals surface area (Å²) in [5.41, 5.74) is 2.34. The fourth-order valence-corrected chi connectivity index (χ4v) is 2.10. The Balaban J connectivity index is 1.70. The molecule has 2 amide bonds. The van der Waals surface area contributed by atoms with E-state index in [2.05, 4.69) is 10.6 Å². The summed E-state index contributed by atoms with van der Waals surface area (Å²) >= 11 is 0. The molecule has 0 heterocycles. The van der Waals surface area contributed by atoms with Gasteiger partial charge in [0.2, 0.25) is 11.8 Å². The zero-order valence-electron chi connectivity index (χ0n) is 13.5. The van der Waals surface area contributed by atoms with Gasteiger partial charge in [-0.25, -0.2) is 0 Å². The second-order valence-corrected chi connectivity index (χ2v) is 5.48. The first-order valence-electron chi connectivity index (χ1n) is 7.76. The number of carbonyl (C=O) groups is 3. The van der Waals surface area contributed by atoms with E-state index in [0.717, 1.165) is 5.56 Å². The minimum atomic E-state index is -0.321. The van der Waals surface area contributed by atoms with Gasteiger partial charge in [0, 0.05) is 24.1 Å². The van der Waals surface area contributed by atoms with Gasteiger partial charge in [-0.3, -0.25) is 14.4 Å². The SMILES string of the molecule is Cc1ccc(C(=O)CCC(=O)NCC(=O)Nc2ccccc2)cc1. The number of amides is 2. The third-order valence-electron chi connectivity index (χ3n) is 3.46. The van der Waals surface area contributed by atoms with Gasteiger partial charge in [-0.1, -0.05) is 48.0 Å². The van der Waals surface area contributed by atoms with Crippen molar-refractivity contribution in [2.75, 3.05) is 11.9 Å². The van der Waals surface area contributed by atoms with Gasteiger partial charge < -0.3 is 10.6 Å². The van der Waals surface area contributed by atoms with Crippen LogP contribution in [0.4, 0.5) is 5.69 Å². The summed E-state index contributed by atoms with van der Waals surface area (Å²) in [6, 6.07) is 16.2. The molecule has 124 valence electrons. The summed E-state index contributed by atoms with van der Waals surface area (Å²) in [4.78, 5) is 35.4. The van der Waals surface area contributed by atoms with E-state index in [0.29, 0.717) is 11.3 Å². The average molecular weight is 324 g/mol. The van der Waals surface area contributed by atoms with Crippen molar-refractivity contribution in [1.82, 2.24) is 5.32 Å². The number of Topliss-reactive ketones (excluding diaryl/α,β-unsaturated/α-hetero) is 1. The number of ketones is 1. The maximum absolute atomic E-state index is 12.0. The van der Waals surface area contributed by atoms with Crippen molar-refractivity contribution in [1.29, 1.82) is 0 Å². The van der Waals surface area contributed by atoms with Crippen molar-refractivity contribution >= 4 is 23.3 Å². The second kappa shape index (κ2) is 8.62. The molecular weight excluding hydrogens is 304 g/mol. The molecule has 0 spiro atoms. The second-order valence-electron chi connectivity index (χ2n) is 5.48. The lowest BCUT2D eigenvalue weighted by Crippen LogP contribution is -2.33. The normalized spacial score (nSPS) is 10.0. The summed E-state index contributed by atoms with van der Waals surface area (Å²) in [7, 11) is 0. The van der Waals surface area contributed by atoms with E-state index in [1.54, 1.807) is 24.3 Å². The molecule has 0 unspecified atom stereocenters. The molecule has 0 bridgehead atoms. The van der Waals surface area contributed by atoms with E-state index in [9.17, 15) is 14.4 Å². The summed E-state index contributed by atoms with van der Waals surface area (Å²) in [6.45, 7) is 1.83. The van der Waals surface area contributed by atoms with Crippen LogP contribution in [-0.4, -0.2) is 24.1 Å². The molecule has 5 heteroatoms. The van der Waals surface area contributed by atoms with Crippen LogP contribution in [-0.2, 0) is 9.59 Å². The van der Waals surface area contributed by atoms with Crippen molar-refractivity contribution in [3.63, 3.8) is 0 Å². The predicted molar refractivity (Wildman–Crippen MR) is 92.8 cm³/mol. The monoisotopic (exact) mass is 324 g/mol. The Bertz CT molecular complexity index is 709. The van der Waals surface area contributed by atoms with Gasteiger partial charge in [0.05, 0.1) is 6.54 Å². The predicted octanol–water partition coefficient (Wildman–Crippen LogP) is 2.71. The number of nitrogens with one attached hydrogen (secondary N) is 2. The molecule has 2 aromatic carbocycles. The molecule has 0 fully saturated rings. The van der Waals surface area contributed by atoms with Crippen molar-refractivity contribution in [2.45, 2.75) is 19.8 Å². The highest BCUT2D eigenvalue weighted by Crippen LogP contribution is 2.07. The Morgan fingerprint density at radius 1 is 0.833 bits per heavy atom. The van der Waals surface area contributed by atoms with E-state index in [4.69, 9.17) is 0 Å². The minimum Gasteiger partial charge on any atom is -0.347 e. The van der Waals surface area contributed by atoms with Crippen molar-refractivity contribution in [3.05, 3.63) is 65.7 Å². The number of anilines is 1. The smallest absolute Gasteiger partial charge is 0.243 e. The maximum Gasteiger partial charge on any atom is 0.243 e. The number of hydrogen-bond acceptors (Lipinski definition) is 3. The Labute approximate surface area is 141 Å². The van der Waals surface area contributed by atoms with Crippen LogP contribution in [0.2, 0.25) is 0 Å².